The first kappa shape index (κ1) is 16.6. The average molecular weight is 311 g/mol. The Morgan fingerprint density at radius 2 is 2.25 bits per heavy atom. The number of hydrogen-bond donors (Lipinski definition) is 2. The Balaban J connectivity index is 2.48. The van der Waals surface area contributed by atoms with Gasteiger partial charge in [-0.3, -0.25) is 4.79 Å². The molecule has 1 heterocycles. The van der Waals surface area contributed by atoms with Crippen molar-refractivity contribution in [2.75, 3.05) is 17.6 Å². The highest BCUT2D eigenvalue weighted by molar-refractivity contribution is 8.01. The third-order valence-corrected chi connectivity index (χ3v) is 4.33. The summed E-state index contributed by atoms with van der Waals surface area (Å²) >= 11 is 2.64. The van der Waals surface area contributed by atoms with Crippen LogP contribution in [0.1, 0.15) is 20.8 Å². The van der Waals surface area contributed by atoms with E-state index < -0.39 is 5.92 Å². The zero-order valence-electron chi connectivity index (χ0n) is 11.6. The lowest BCUT2D eigenvalue weighted by molar-refractivity contribution is -0.117. The maximum atomic E-state index is 11.8. The van der Waals surface area contributed by atoms with Crippen molar-refractivity contribution in [3.8, 4) is 6.07 Å². The molecule has 0 spiro atoms. The van der Waals surface area contributed by atoms with E-state index in [2.05, 4.69) is 29.4 Å². The fourth-order valence-corrected chi connectivity index (χ4v) is 2.92. The van der Waals surface area contributed by atoms with Crippen molar-refractivity contribution in [2.45, 2.75) is 25.1 Å². The van der Waals surface area contributed by atoms with Crippen molar-refractivity contribution in [2.24, 2.45) is 11.8 Å². The highest BCUT2D eigenvalue weighted by Crippen LogP contribution is 2.26. The Bertz CT molecular complexity index is 520. The summed E-state index contributed by atoms with van der Waals surface area (Å²) in [5, 5.41) is 28.1. The van der Waals surface area contributed by atoms with Crippen LogP contribution in [0.4, 0.5) is 5.13 Å². The van der Waals surface area contributed by atoms with Gasteiger partial charge >= 0.3 is 0 Å². The summed E-state index contributed by atoms with van der Waals surface area (Å²) in [6.45, 7) is 6.49. The van der Waals surface area contributed by atoms with Crippen molar-refractivity contribution in [3.63, 3.8) is 0 Å². The van der Waals surface area contributed by atoms with E-state index in [0.717, 1.165) is 11.7 Å². The molecule has 8 heteroatoms. The van der Waals surface area contributed by atoms with Gasteiger partial charge in [0.15, 0.2) is 10.1 Å². The minimum atomic E-state index is -0.950. The van der Waals surface area contributed by atoms with Crippen molar-refractivity contribution in [1.29, 1.82) is 10.7 Å². The molecule has 0 saturated carbocycles. The molecule has 0 bridgehead atoms. The number of rotatable bonds is 8. The van der Waals surface area contributed by atoms with Gasteiger partial charge in [0.25, 0.3) is 0 Å². The lowest BCUT2D eigenvalue weighted by Gasteiger charge is -2.04. The van der Waals surface area contributed by atoms with Gasteiger partial charge in [-0.2, -0.15) is 5.26 Å². The number of Topliss-reactive ketones (excluding diaryl/α,β-unsaturated/α-hetero) is 1. The highest BCUT2D eigenvalue weighted by atomic mass is 32.2. The lowest BCUT2D eigenvalue weighted by atomic mass is 10.0. The molecular formula is C12H17N5OS2. The van der Waals surface area contributed by atoms with Crippen LogP contribution in [0.25, 0.3) is 0 Å². The molecule has 1 aromatic rings. The molecule has 0 aliphatic carbocycles. The van der Waals surface area contributed by atoms with Gasteiger partial charge in [-0.05, 0) is 12.8 Å². The van der Waals surface area contributed by atoms with Gasteiger partial charge in [0.1, 0.15) is 5.92 Å². The molecule has 20 heavy (non-hydrogen) atoms. The number of thioether (sulfide) groups is 1. The number of hydrogen-bond acceptors (Lipinski definition) is 8. The van der Waals surface area contributed by atoms with Crippen LogP contribution in [0.2, 0.25) is 0 Å². The molecule has 0 fully saturated rings. The summed E-state index contributed by atoms with van der Waals surface area (Å²) in [5.74, 6) is -0.567. The molecule has 0 amide bonds. The van der Waals surface area contributed by atoms with Gasteiger partial charge in [0.05, 0.1) is 11.8 Å². The van der Waals surface area contributed by atoms with E-state index in [1.165, 1.54) is 30.0 Å². The van der Waals surface area contributed by atoms with Gasteiger partial charge in [0, 0.05) is 12.3 Å². The molecule has 1 aromatic heterocycles. The molecule has 1 atom stereocenters. The van der Waals surface area contributed by atoms with E-state index >= 15 is 0 Å². The molecule has 0 aliphatic rings. The average Bonchev–Trinajstić information content (AvgIpc) is 2.82. The summed E-state index contributed by atoms with van der Waals surface area (Å²) in [6.07, 6.45) is 0. The zero-order valence-corrected chi connectivity index (χ0v) is 13.3. The predicted octanol–water partition coefficient (Wildman–Crippen LogP) is 2.45. The van der Waals surface area contributed by atoms with Gasteiger partial charge in [-0.15, -0.1) is 10.2 Å². The van der Waals surface area contributed by atoms with E-state index in [0.29, 0.717) is 10.3 Å². The molecule has 1 rings (SSSR count). The third-order valence-electron chi connectivity index (χ3n) is 2.29. The molecule has 0 aromatic carbocycles. The van der Waals surface area contributed by atoms with Crippen LogP contribution in [0, 0.1) is 28.6 Å². The topological polar surface area (TPSA) is 103 Å². The van der Waals surface area contributed by atoms with Crippen LogP contribution < -0.4 is 5.32 Å². The number of nitrogens with zero attached hydrogens (tertiary/aromatic N) is 3. The molecule has 0 unspecified atom stereocenters. The van der Waals surface area contributed by atoms with Gasteiger partial charge < -0.3 is 10.7 Å². The number of ketones is 1. The largest absolute Gasteiger partial charge is 0.360 e. The smallest absolute Gasteiger partial charge is 0.206 e. The first-order chi connectivity index (χ1) is 9.43. The molecule has 108 valence electrons. The number of carbonyl (C=O) groups is 1. The lowest BCUT2D eigenvalue weighted by Crippen LogP contribution is -2.21. The monoisotopic (exact) mass is 311 g/mol. The second-order valence-corrected chi connectivity index (χ2v) is 6.85. The minimum Gasteiger partial charge on any atom is -0.360 e. The molecule has 0 aliphatic heterocycles. The molecule has 2 N–H and O–H groups in total. The first-order valence-electron chi connectivity index (χ1n) is 6.11. The van der Waals surface area contributed by atoms with Crippen LogP contribution in [-0.2, 0) is 4.79 Å². The van der Waals surface area contributed by atoms with Crippen LogP contribution >= 0.6 is 23.1 Å². The number of anilines is 1. The maximum absolute atomic E-state index is 11.8. The Morgan fingerprint density at radius 3 is 2.80 bits per heavy atom. The van der Waals surface area contributed by atoms with Crippen molar-refractivity contribution in [1.82, 2.24) is 10.2 Å². The fourth-order valence-electron chi connectivity index (χ4n) is 1.26. The number of nitrogens with one attached hydrogen (secondary N) is 2. The zero-order chi connectivity index (χ0) is 15.1. The normalized spacial score (nSPS) is 11.9. The Hall–Kier alpha value is -1.46. The maximum Gasteiger partial charge on any atom is 0.206 e. The summed E-state index contributed by atoms with van der Waals surface area (Å²) in [7, 11) is 0. The quantitative estimate of drug-likeness (QED) is 0.564. The Kier molecular flexibility index (Phi) is 6.61. The predicted molar refractivity (Wildman–Crippen MR) is 81.5 cm³/mol. The van der Waals surface area contributed by atoms with Gasteiger partial charge in [-0.25, -0.2) is 0 Å². The van der Waals surface area contributed by atoms with Crippen LogP contribution in [0.5, 0.6) is 0 Å². The molecule has 0 saturated heterocycles. The second-order valence-electron chi connectivity index (χ2n) is 4.65. The summed E-state index contributed by atoms with van der Waals surface area (Å²) < 4.78 is 0.684. The second kappa shape index (κ2) is 7.97. The molecule has 0 radical (unpaired) electrons. The van der Waals surface area contributed by atoms with E-state index in [-0.39, 0.29) is 17.2 Å². The van der Waals surface area contributed by atoms with Crippen molar-refractivity contribution in [3.05, 3.63) is 0 Å². The van der Waals surface area contributed by atoms with Gasteiger partial charge in [0.2, 0.25) is 5.13 Å². The summed E-state index contributed by atoms with van der Waals surface area (Å²) in [4.78, 5) is 11.8. The van der Waals surface area contributed by atoms with Crippen LogP contribution in [0.3, 0.4) is 0 Å². The first-order valence-corrected chi connectivity index (χ1v) is 7.91. The Labute approximate surface area is 126 Å². The van der Waals surface area contributed by atoms with E-state index in [1.54, 1.807) is 0 Å². The minimum absolute atomic E-state index is 0.0784. The highest BCUT2D eigenvalue weighted by Gasteiger charge is 2.20. The third kappa shape index (κ3) is 5.27. The Morgan fingerprint density at radius 1 is 1.55 bits per heavy atom. The van der Waals surface area contributed by atoms with Gasteiger partial charge in [-0.1, -0.05) is 36.9 Å². The van der Waals surface area contributed by atoms with E-state index in [1.807, 2.05) is 6.07 Å². The van der Waals surface area contributed by atoms with Crippen molar-refractivity contribution >= 4 is 39.7 Å². The molecular weight excluding hydrogens is 294 g/mol. The number of carbonyl (C=O) groups excluding carboxylic acids is 1. The number of nitriles is 1. The fraction of sp³-hybridized carbons (Fsp3) is 0.583. The number of aromatic nitrogens is 2. The summed E-state index contributed by atoms with van der Waals surface area (Å²) in [5.41, 5.74) is 0.0784. The van der Waals surface area contributed by atoms with E-state index in [9.17, 15) is 4.79 Å². The van der Waals surface area contributed by atoms with Crippen molar-refractivity contribution < 1.29 is 4.79 Å². The van der Waals surface area contributed by atoms with Crippen LogP contribution in [-0.4, -0.2) is 34.0 Å². The standard InChI is InChI=1S/C12H17N5OS2/c1-7(2)5-15-11-16-17-12(20-11)19-6-10(18)9(4-13)8(3)14/h7,9,14H,5-6H2,1-3H3,(H,15,16)/t9-/m1/s1. The molecule has 6 nitrogen and oxygen atoms in total. The van der Waals surface area contributed by atoms with Crippen LogP contribution in [0.15, 0.2) is 4.34 Å². The SMILES string of the molecule is CC(=N)[C@@H](C#N)C(=O)CSc1nnc(NCC(C)C)s1. The van der Waals surface area contributed by atoms with E-state index in [4.69, 9.17) is 10.7 Å². The summed E-state index contributed by atoms with van der Waals surface area (Å²) in [6, 6.07) is 1.84.